The quantitative estimate of drug-likeness (QED) is 0.676. The number of ether oxygens (including phenoxy) is 2. The van der Waals surface area contributed by atoms with E-state index in [1.54, 1.807) is 6.92 Å². The van der Waals surface area contributed by atoms with Crippen molar-refractivity contribution in [3.8, 4) is 0 Å². The zero-order valence-electron chi connectivity index (χ0n) is 15.3. The van der Waals surface area contributed by atoms with Gasteiger partial charge >= 0.3 is 11.9 Å². The number of likely N-dealkylation sites (tertiary alicyclic amines) is 1. The third kappa shape index (κ3) is 6.16. The van der Waals surface area contributed by atoms with E-state index in [0.29, 0.717) is 26.0 Å². The number of esters is 2. The molecule has 1 fully saturated rings. The topological polar surface area (TPSA) is 55.8 Å². The van der Waals surface area contributed by atoms with Gasteiger partial charge in [-0.15, -0.1) is 0 Å². The second-order valence-electron chi connectivity index (χ2n) is 6.50. The van der Waals surface area contributed by atoms with Gasteiger partial charge in [0.2, 0.25) is 0 Å². The normalized spacial score (nSPS) is 20.9. The van der Waals surface area contributed by atoms with E-state index in [0.717, 1.165) is 25.9 Å². The predicted molar refractivity (Wildman–Crippen MR) is 95.9 cm³/mol. The van der Waals surface area contributed by atoms with E-state index in [1.165, 1.54) is 5.56 Å². The average molecular weight is 347 g/mol. The summed E-state index contributed by atoms with van der Waals surface area (Å²) in [5.74, 6) is -0.838. The second kappa shape index (κ2) is 10.2. The zero-order valence-corrected chi connectivity index (χ0v) is 15.3. The number of rotatable bonds is 8. The van der Waals surface area contributed by atoms with Crippen LogP contribution in [0, 0.1) is 5.92 Å². The first-order valence-corrected chi connectivity index (χ1v) is 9.26. The van der Waals surface area contributed by atoms with Crippen molar-refractivity contribution < 1.29 is 19.1 Å². The fourth-order valence-corrected chi connectivity index (χ4v) is 3.15. The van der Waals surface area contributed by atoms with Crippen LogP contribution in [0.15, 0.2) is 30.3 Å². The minimum absolute atomic E-state index is 0.220. The number of carbonyl (C=O) groups excluding carboxylic acids is 2. The van der Waals surface area contributed by atoms with Gasteiger partial charge in [0, 0.05) is 19.5 Å². The molecule has 0 aliphatic carbocycles. The van der Waals surface area contributed by atoms with E-state index in [-0.39, 0.29) is 17.9 Å². The maximum absolute atomic E-state index is 12.2. The molecule has 2 rings (SSSR count). The molecule has 1 saturated heterocycles. The number of piperidine rings is 1. The van der Waals surface area contributed by atoms with Gasteiger partial charge in [0.05, 0.1) is 12.5 Å². The maximum atomic E-state index is 12.2. The minimum atomic E-state index is -0.430. The summed E-state index contributed by atoms with van der Waals surface area (Å²) in [5.41, 5.74) is 1.22. The SMILES string of the molecule is CCCCC(=O)O[C@H]1CN(Cc2ccccc2)CC[C@H]1C(=O)OCC. The molecular weight excluding hydrogens is 318 g/mol. The molecule has 1 heterocycles. The molecule has 1 aliphatic rings. The minimum Gasteiger partial charge on any atom is -0.466 e. The fraction of sp³-hybridized carbons (Fsp3) is 0.600. The number of carbonyl (C=O) groups is 2. The summed E-state index contributed by atoms with van der Waals surface area (Å²) in [6.07, 6.45) is 2.38. The molecule has 0 bridgehead atoms. The van der Waals surface area contributed by atoms with Crippen LogP contribution in [0.4, 0.5) is 0 Å². The molecule has 2 atom stereocenters. The molecule has 1 aliphatic heterocycles. The van der Waals surface area contributed by atoms with Gasteiger partial charge in [0.15, 0.2) is 0 Å². The lowest BCUT2D eigenvalue weighted by atomic mass is 9.93. The van der Waals surface area contributed by atoms with Crippen LogP contribution in [0.5, 0.6) is 0 Å². The molecule has 0 aromatic heterocycles. The predicted octanol–water partition coefficient (Wildman–Crippen LogP) is 3.17. The summed E-state index contributed by atoms with van der Waals surface area (Å²) < 4.78 is 10.8. The molecule has 138 valence electrons. The van der Waals surface area contributed by atoms with Crippen molar-refractivity contribution in [2.24, 2.45) is 5.92 Å². The first-order valence-electron chi connectivity index (χ1n) is 9.26. The van der Waals surface area contributed by atoms with Crippen LogP contribution in [-0.2, 0) is 25.6 Å². The Morgan fingerprint density at radius 2 is 1.96 bits per heavy atom. The van der Waals surface area contributed by atoms with Gasteiger partial charge in [0.1, 0.15) is 6.10 Å². The summed E-state index contributed by atoms with van der Waals surface area (Å²) in [5, 5.41) is 0. The Kier molecular flexibility index (Phi) is 7.92. The highest BCUT2D eigenvalue weighted by Gasteiger charge is 2.37. The summed E-state index contributed by atoms with van der Waals surface area (Å²) in [7, 11) is 0. The van der Waals surface area contributed by atoms with Crippen molar-refractivity contribution >= 4 is 11.9 Å². The van der Waals surface area contributed by atoms with Gasteiger partial charge < -0.3 is 9.47 Å². The summed E-state index contributed by atoms with van der Waals surface area (Å²) in [4.78, 5) is 26.5. The van der Waals surface area contributed by atoms with Crippen LogP contribution in [0.25, 0.3) is 0 Å². The summed E-state index contributed by atoms with van der Waals surface area (Å²) >= 11 is 0. The molecule has 1 aromatic carbocycles. The smallest absolute Gasteiger partial charge is 0.312 e. The molecular formula is C20H29NO4. The molecule has 5 heteroatoms. The van der Waals surface area contributed by atoms with Crippen molar-refractivity contribution in [1.82, 2.24) is 4.90 Å². The molecule has 0 radical (unpaired) electrons. The molecule has 5 nitrogen and oxygen atoms in total. The highest BCUT2D eigenvalue weighted by molar-refractivity contribution is 5.75. The van der Waals surface area contributed by atoms with Gasteiger partial charge in [-0.3, -0.25) is 14.5 Å². The Bertz CT molecular complexity index is 546. The molecule has 25 heavy (non-hydrogen) atoms. The molecule has 0 N–H and O–H groups in total. The van der Waals surface area contributed by atoms with Gasteiger partial charge in [-0.25, -0.2) is 0 Å². The van der Waals surface area contributed by atoms with E-state index in [2.05, 4.69) is 17.0 Å². The largest absolute Gasteiger partial charge is 0.466 e. The molecule has 0 spiro atoms. The van der Waals surface area contributed by atoms with E-state index in [9.17, 15) is 9.59 Å². The third-order valence-electron chi connectivity index (χ3n) is 4.50. The summed E-state index contributed by atoms with van der Waals surface area (Å²) in [6.45, 7) is 6.33. The third-order valence-corrected chi connectivity index (χ3v) is 4.50. The number of unbranched alkanes of at least 4 members (excludes halogenated alkanes) is 1. The van der Waals surface area contributed by atoms with Crippen molar-refractivity contribution in [2.45, 2.75) is 52.2 Å². The molecule has 1 aromatic rings. The standard InChI is InChI=1S/C20H29NO4/c1-3-5-11-19(22)25-18-15-21(14-16-9-7-6-8-10-16)13-12-17(18)20(23)24-4-2/h6-10,17-18H,3-5,11-15H2,1-2H3/t17-,18+/m1/s1. The first kappa shape index (κ1) is 19.4. The lowest BCUT2D eigenvalue weighted by Gasteiger charge is -2.36. The second-order valence-corrected chi connectivity index (χ2v) is 6.50. The number of nitrogens with zero attached hydrogens (tertiary/aromatic N) is 1. The molecule has 0 saturated carbocycles. The van der Waals surface area contributed by atoms with Crippen molar-refractivity contribution in [2.75, 3.05) is 19.7 Å². The molecule has 0 unspecified atom stereocenters. The van der Waals surface area contributed by atoms with Gasteiger partial charge in [0.25, 0.3) is 0 Å². The lowest BCUT2D eigenvalue weighted by Crippen LogP contribution is -2.48. The van der Waals surface area contributed by atoms with Gasteiger partial charge in [-0.1, -0.05) is 43.7 Å². The Hall–Kier alpha value is -1.88. The van der Waals surface area contributed by atoms with Crippen molar-refractivity contribution in [3.63, 3.8) is 0 Å². The Balaban J connectivity index is 2.00. The van der Waals surface area contributed by atoms with Crippen molar-refractivity contribution in [3.05, 3.63) is 35.9 Å². The first-order chi connectivity index (χ1) is 12.1. The Morgan fingerprint density at radius 1 is 1.20 bits per heavy atom. The van der Waals surface area contributed by atoms with Crippen LogP contribution in [0.2, 0.25) is 0 Å². The van der Waals surface area contributed by atoms with E-state index in [1.807, 2.05) is 25.1 Å². The number of benzene rings is 1. The number of hydrogen-bond acceptors (Lipinski definition) is 5. The highest BCUT2D eigenvalue weighted by Crippen LogP contribution is 2.24. The zero-order chi connectivity index (χ0) is 18.1. The van der Waals surface area contributed by atoms with Crippen molar-refractivity contribution in [1.29, 1.82) is 0 Å². The average Bonchev–Trinajstić information content (AvgIpc) is 2.61. The Morgan fingerprint density at radius 3 is 2.64 bits per heavy atom. The van der Waals surface area contributed by atoms with Gasteiger partial charge in [-0.2, -0.15) is 0 Å². The van der Waals surface area contributed by atoms with Crippen LogP contribution >= 0.6 is 0 Å². The maximum Gasteiger partial charge on any atom is 0.312 e. The lowest BCUT2D eigenvalue weighted by molar-refractivity contribution is -0.166. The molecule has 0 amide bonds. The number of hydrogen-bond donors (Lipinski definition) is 0. The van der Waals surface area contributed by atoms with Crippen LogP contribution in [0.3, 0.4) is 0 Å². The Labute approximate surface area is 150 Å². The van der Waals surface area contributed by atoms with E-state index in [4.69, 9.17) is 9.47 Å². The monoisotopic (exact) mass is 347 g/mol. The van der Waals surface area contributed by atoms with E-state index < -0.39 is 6.10 Å². The van der Waals surface area contributed by atoms with Crippen LogP contribution in [0.1, 0.15) is 45.1 Å². The van der Waals surface area contributed by atoms with E-state index >= 15 is 0 Å². The highest BCUT2D eigenvalue weighted by atomic mass is 16.6. The van der Waals surface area contributed by atoms with Crippen LogP contribution < -0.4 is 0 Å². The summed E-state index contributed by atoms with van der Waals surface area (Å²) in [6, 6.07) is 10.2. The van der Waals surface area contributed by atoms with Crippen LogP contribution in [-0.4, -0.2) is 42.6 Å². The fourth-order valence-electron chi connectivity index (χ4n) is 3.15. The van der Waals surface area contributed by atoms with Gasteiger partial charge in [-0.05, 0) is 31.9 Å².